The molecule has 104 valence electrons. The third-order valence-electron chi connectivity index (χ3n) is 3.39. The minimum Gasteiger partial charge on any atom is -0.445 e. The third-order valence-corrected chi connectivity index (χ3v) is 3.39. The Hall–Kier alpha value is -1.72. The molecular weight excluding hydrogens is 259 g/mol. The summed E-state index contributed by atoms with van der Waals surface area (Å²) in [6.45, 7) is 1.14. The van der Waals surface area contributed by atoms with Crippen LogP contribution in [0.3, 0.4) is 0 Å². The van der Waals surface area contributed by atoms with E-state index in [-0.39, 0.29) is 13.0 Å². The van der Waals surface area contributed by atoms with Crippen LogP contribution in [0.25, 0.3) is 0 Å². The van der Waals surface area contributed by atoms with Gasteiger partial charge in [-0.2, -0.15) is 13.2 Å². The molecule has 19 heavy (non-hydrogen) atoms. The molecule has 1 saturated carbocycles. The van der Waals surface area contributed by atoms with Gasteiger partial charge in [-0.1, -0.05) is 30.3 Å². The maximum absolute atomic E-state index is 12.6. The number of hydrogen-bond acceptors (Lipinski definition) is 2. The number of alkyl halides is 3. The van der Waals surface area contributed by atoms with Crippen molar-refractivity contribution in [3.05, 3.63) is 35.9 Å². The summed E-state index contributed by atoms with van der Waals surface area (Å²) in [5, 5.41) is 2.24. The smallest absolute Gasteiger partial charge is 0.407 e. The number of ether oxygens (including phenoxy) is 1. The molecule has 1 aromatic carbocycles. The Kier molecular flexibility index (Phi) is 3.43. The lowest BCUT2D eigenvalue weighted by atomic mass is 10.1. The van der Waals surface area contributed by atoms with Crippen molar-refractivity contribution in [2.75, 3.05) is 0 Å². The van der Waals surface area contributed by atoms with Gasteiger partial charge >= 0.3 is 12.3 Å². The number of carbonyl (C=O) groups is 1. The lowest BCUT2D eigenvalue weighted by molar-refractivity contribution is -0.183. The number of amides is 1. The van der Waals surface area contributed by atoms with Crippen LogP contribution in [0.15, 0.2) is 30.3 Å². The zero-order valence-corrected chi connectivity index (χ0v) is 10.3. The second-order valence-electron chi connectivity index (χ2n) is 4.88. The summed E-state index contributed by atoms with van der Waals surface area (Å²) in [4.78, 5) is 11.4. The Balaban J connectivity index is 1.78. The molecular formula is C13H14F3NO2. The summed E-state index contributed by atoms with van der Waals surface area (Å²) in [5.74, 6) is 0. The van der Waals surface area contributed by atoms with E-state index >= 15 is 0 Å². The Labute approximate surface area is 108 Å². The van der Waals surface area contributed by atoms with Gasteiger partial charge in [0.15, 0.2) is 0 Å². The average Bonchev–Trinajstić information content (AvgIpc) is 3.00. The van der Waals surface area contributed by atoms with Crippen LogP contribution in [-0.2, 0) is 11.3 Å². The zero-order chi connectivity index (χ0) is 14.1. The van der Waals surface area contributed by atoms with Gasteiger partial charge in [-0.15, -0.1) is 0 Å². The van der Waals surface area contributed by atoms with Crippen LogP contribution in [0.5, 0.6) is 0 Å². The van der Waals surface area contributed by atoms with Gasteiger partial charge in [0, 0.05) is 6.04 Å². The third kappa shape index (κ3) is 3.00. The number of alkyl carbamates (subject to hydrolysis) is 1. The van der Waals surface area contributed by atoms with E-state index in [1.807, 2.05) is 6.07 Å². The molecule has 0 saturated heterocycles. The molecule has 0 aromatic heterocycles. The normalized spacial score (nSPS) is 25.8. The molecule has 1 N–H and O–H groups in total. The molecule has 1 fully saturated rings. The van der Waals surface area contributed by atoms with E-state index in [0.29, 0.717) is 0 Å². The first kappa shape index (κ1) is 13.7. The van der Waals surface area contributed by atoms with Crippen LogP contribution >= 0.6 is 0 Å². The molecule has 1 aromatic rings. The van der Waals surface area contributed by atoms with Gasteiger partial charge in [0.05, 0.1) is 5.41 Å². The monoisotopic (exact) mass is 273 g/mol. The van der Waals surface area contributed by atoms with Crippen molar-refractivity contribution in [2.24, 2.45) is 5.41 Å². The molecule has 0 heterocycles. The average molecular weight is 273 g/mol. The molecule has 0 unspecified atom stereocenters. The van der Waals surface area contributed by atoms with Gasteiger partial charge in [-0.25, -0.2) is 4.79 Å². The molecule has 3 nitrogen and oxygen atoms in total. The van der Waals surface area contributed by atoms with E-state index in [9.17, 15) is 18.0 Å². The first-order valence-electron chi connectivity index (χ1n) is 5.87. The Morgan fingerprint density at radius 1 is 1.42 bits per heavy atom. The zero-order valence-electron chi connectivity index (χ0n) is 10.3. The minimum atomic E-state index is -4.30. The fourth-order valence-corrected chi connectivity index (χ4v) is 1.80. The summed E-state index contributed by atoms with van der Waals surface area (Å²) < 4.78 is 42.6. The predicted molar refractivity (Wildman–Crippen MR) is 62.3 cm³/mol. The topological polar surface area (TPSA) is 38.3 Å². The minimum absolute atomic E-state index is 0.0438. The molecule has 6 heteroatoms. The van der Waals surface area contributed by atoms with Gasteiger partial charge in [-0.3, -0.25) is 0 Å². The van der Waals surface area contributed by atoms with Gasteiger partial charge in [0.1, 0.15) is 6.61 Å². The van der Waals surface area contributed by atoms with Crippen molar-refractivity contribution < 1.29 is 22.7 Å². The first-order chi connectivity index (χ1) is 8.83. The number of hydrogen-bond donors (Lipinski definition) is 1. The van der Waals surface area contributed by atoms with Crippen LogP contribution in [0.2, 0.25) is 0 Å². The van der Waals surface area contributed by atoms with Gasteiger partial charge in [0.2, 0.25) is 0 Å². The second-order valence-corrected chi connectivity index (χ2v) is 4.88. The molecule has 0 radical (unpaired) electrons. The first-order valence-corrected chi connectivity index (χ1v) is 5.87. The highest BCUT2D eigenvalue weighted by atomic mass is 19.4. The van der Waals surface area contributed by atoms with Crippen LogP contribution in [-0.4, -0.2) is 18.3 Å². The van der Waals surface area contributed by atoms with E-state index in [4.69, 9.17) is 4.74 Å². The highest BCUT2D eigenvalue weighted by molar-refractivity contribution is 5.68. The standard InChI is InChI=1S/C13H14F3NO2/c1-12(13(14,15)16)7-10(12)17-11(18)19-8-9-5-3-2-4-6-9/h2-6,10H,7-8H2,1H3,(H,17,18)/t10-,12-/m1/s1. The van der Waals surface area contributed by atoms with Gasteiger partial charge in [0.25, 0.3) is 0 Å². The Bertz CT molecular complexity index is 461. The van der Waals surface area contributed by atoms with Crippen molar-refractivity contribution in [2.45, 2.75) is 32.2 Å². The fourth-order valence-electron chi connectivity index (χ4n) is 1.80. The van der Waals surface area contributed by atoms with Crippen molar-refractivity contribution in [1.29, 1.82) is 0 Å². The summed E-state index contributed by atoms with van der Waals surface area (Å²) in [5.41, 5.74) is -1.04. The van der Waals surface area contributed by atoms with Crippen molar-refractivity contribution in [1.82, 2.24) is 5.32 Å². The van der Waals surface area contributed by atoms with Crippen molar-refractivity contribution >= 4 is 6.09 Å². The molecule has 2 rings (SSSR count). The number of benzene rings is 1. The summed E-state index contributed by atoms with van der Waals surface area (Å²) in [6.07, 6.45) is -5.22. The Morgan fingerprint density at radius 3 is 2.58 bits per heavy atom. The number of carbonyl (C=O) groups excluding carboxylic acids is 1. The van der Waals surface area contributed by atoms with E-state index < -0.39 is 23.7 Å². The summed E-state index contributed by atoms with van der Waals surface area (Å²) in [6, 6.07) is 8.05. The summed E-state index contributed by atoms with van der Waals surface area (Å²) in [7, 11) is 0. The summed E-state index contributed by atoms with van der Waals surface area (Å²) >= 11 is 0. The number of halogens is 3. The number of rotatable bonds is 3. The Morgan fingerprint density at radius 2 is 2.05 bits per heavy atom. The van der Waals surface area contributed by atoms with E-state index in [2.05, 4.69) is 5.32 Å². The molecule has 0 spiro atoms. The molecule has 0 aliphatic heterocycles. The van der Waals surface area contributed by atoms with Crippen molar-refractivity contribution in [3.63, 3.8) is 0 Å². The lowest BCUT2D eigenvalue weighted by Crippen LogP contribution is -2.35. The van der Waals surface area contributed by atoms with Crippen LogP contribution < -0.4 is 5.32 Å². The van der Waals surface area contributed by atoms with Crippen LogP contribution in [0, 0.1) is 5.41 Å². The molecule has 0 bridgehead atoms. The maximum Gasteiger partial charge on any atom is 0.407 e. The predicted octanol–water partition coefficient (Wildman–Crippen LogP) is 3.25. The van der Waals surface area contributed by atoms with E-state index in [1.54, 1.807) is 24.3 Å². The van der Waals surface area contributed by atoms with Crippen molar-refractivity contribution in [3.8, 4) is 0 Å². The van der Waals surface area contributed by atoms with Gasteiger partial charge in [-0.05, 0) is 18.9 Å². The molecule has 2 atom stereocenters. The largest absolute Gasteiger partial charge is 0.445 e. The molecule has 1 amide bonds. The van der Waals surface area contributed by atoms with Gasteiger partial charge < -0.3 is 10.1 Å². The second kappa shape index (κ2) is 4.75. The molecule has 1 aliphatic carbocycles. The fraction of sp³-hybridized carbons (Fsp3) is 0.462. The van der Waals surface area contributed by atoms with E-state index in [0.717, 1.165) is 12.5 Å². The number of nitrogens with one attached hydrogen (secondary N) is 1. The van der Waals surface area contributed by atoms with Crippen LogP contribution in [0.4, 0.5) is 18.0 Å². The highest BCUT2D eigenvalue weighted by Crippen LogP contribution is 2.57. The van der Waals surface area contributed by atoms with Crippen LogP contribution in [0.1, 0.15) is 18.9 Å². The SMILES string of the molecule is C[C@@]1(C(F)(F)F)C[C@H]1NC(=O)OCc1ccccc1. The lowest BCUT2D eigenvalue weighted by Gasteiger charge is -2.16. The quantitative estimate of drug-likeness (QED) is 0.918. The molecule has 1 aliphatic rings. The highest BCUT2D eigenvalue weighted by Gasteiger charge is 2.68. The maximum atomic E-state index is 12.6. The van der Waals surface area contributed by atoms with E-state index in [1.165, 1.54) is 0 Å².